The molecular formula is C26H26N6O2S. The second-order valence-corrected chi connectivity index (χ2v) is 8.97. The third-order valence-electron chi connectivity index (χ3n) is 5.65. The van der Waals surface area contributed by atoms with Crippen molar-refractivity contribution in [3.05, 3.63) is 84.0 Å². The standard InChI is InChI=1S/C26H26N6O2S/c1-5-13-32-24(16-34-19-10-8-9-18(2)14-19)28-29-26(32)35-17-23(33)20(15-27)25-30(3)21-11-6-7-12-22(21)31(25)4/h5-12,14H,1,13,16-17H2,2-4H3. The van der Waals surface area contributed by atoms with E-state index in [0.717, 1.165) is 22.7 Å². The first-order valence-electron chi connectivity index (χ1n) is 11.0. The van der Waals surface area contributed by atoms with Crippen LogP contribution in [-0.2, 0) is 17.9 Å². The summed E-state index contributed by atoms with van der Waals surface area (Å²) < 4.78 is 7.75. The van der Waals surface area contributed by atoms with Crippen molar-refractivity contribution in [2.24, 2.45) is 0 Å². The molecule has 0 saturated carbocycles. The van der Waals surface area contributed by atoms with Crippen LogP contribution in [0.4, 0.5) is 11.4 Å². The summed E-state index contributed by atoms with van der Waals surface area (Å²) in [4.78, 5) is 16.9. The number of thioether (sulfide) groups is 1. The van der Waals surface area contributed by atoms with Gasteiger partial charge in [-0.15, -0.1) is 16.8 Å². The van der Waals surface area contributed by atoms with E-state index in [-0.39, 0.29) is 23.7 Å². The van der Waals surface area contributed by atoms with Gasteiger partial charge in [0, 0.05) is 20.6 Å². The summed E-state index contributed by atoms with van der Waals surface area (Å²) in [6.07, 6.45) is 1.74. The molecule has 0 N–H and O–H groups in total. The van der Waals surface area contributed by atoms with E-state index in [9.17, 15) is 10.1 Å². The van der Waals surface area contributed by atoms with Gasteiger partial charge in [-0.05, 0) is 36.8 Å². The fourth-order valence-corrected chi connectivity index (χ4v) is 4.80. The predicted molar refractivity (Wildman–Crippen MR) is 137 cm³/mol. The van der Waals surface area contributed by atoms with Crippen LogP contribution in [0.25, 0.3) is 0 Å². The van der Waals surface area contributed by atoms with Gasteiger partial charge in [-0.1, -0.05) is 42.1 Å². The third-order valence-corrected chi connectivity index (χ3v) is 6.62. The fraction of sp³-hybridized carbons (Fsp3) is 0.231. The van der Waals surface area contributed by atoms with Gasteiger partial charge in [0.05, 0.1) is 17.1 Å². The number of allylic oxidation sites excluding steroid dienone is 2. The average molecular weight is 487 g/mol. The fourth-order valence-electron chi connectivity index (χ4n) is 3.96. The number of hydrogen-bond acceptors (Lipinski definition) is 8. The summed E-state index contributed by atoms with van der Waals surface area (Å²) in [6, 6.07) is 17.7. The molecule has 2 aromatic carbocycles. The molecule has 8 nitrogen and oxygen atoms in total. The van der Waals surface area contributed by atoms with E-state index >= 15 is 0 Å². The number of aromatic nitrogens is 3. The molecule has 1 aliphatic rings. The zero-order valence-electron chi connectivity index (χ0n) is 19.9. The van der Waals surface area contributed by atoms with Crippen molar-refractivity contribution in [3.63, 3.8) is 0 Å². The first-order chi connectivity index (χ1) is 16.9. The van der Waals surface area contributed by atoms with Gasteiger partial charge in [0.2, 0.25) is 0 Å². The summed E-state index contributed by atoms with van der Waals surface area (Å²) in [7, 11) is 3.72. The van der Waals surface area contributed by atoms with Crippen molar-refractivity contribution in [1.82, 2.24) is 14.8 Å². The lowest BCUT2D eigenvalue weighted by Crippen LogP contribution is -2.26. The molecule has 4 rings (SSSR count). The highest BCUT2D eigenvalue weighted by atomic mass is 32.2. The smallest absolute Gasteiger partial charge is 0.192 e. The molecule has 0 radical (unpaired) electrons. The normalized spacial score (nSPS) is 12.3. The van der Waals surface area contributed by atoms with Crippen LogP contribution >= 0.6 is 11.8 Å². The zero-order chi connectivity index (χ0) is 24.9. The molecule has 0 unspecified atom stereocenters. The Morgan fingerprint density at radius 3 is 2.49 bits per heavy atom. The third kappa shape index (κ3) is 4.93. The Hall–Kier alpha value is -4.03. The number of aryl methyl sites for hydroxylation is 1. The van der Waals surface area contributed by atoms with Gasteiger partial charge in [0.25, 0.3) is 0 Å². The van der Waals surface area contributed by atoms with Gasteiger partial charge in [-0.25, -0.2) is 0 Å². The van der Waals surface area contributed by atoms with E-state index in [2.05, 4.69) is 22.8 Å². The number of anilines is 2. The molecule has 9 heteroatoms. The van der Waals surface area contributed by atoms with E-state index < -0.39 is 0 Å². The van der Waals surface area contributed by atoms with Crippen LogP contribution in [0.1, 0.15) is 11.4 Å². The number of ether oxygens (including phenoxy) is 1. The number of benzene rings is 2. The maximum Gasteiger partial charge on any atom is 0.192 e. The molecule has 35 heavy (non-hydrogen) atoms. The maximum atomic E-state index is 13.1. The molecule has 1 aliphatic heterocycles. The van der Waals surface area contributed by atoms with E-state index in [1.807, 2.05) is 83.9 Å². The Balaban J connectivity index is 1.50. The molecule has 0 aliphatic carbocycles. The molecule has 0 saturated heterocycles. The molecule has 0 atom stereocenters. The number of nitrogens with zero attached hydrogens (tertiary/aromatic N) is 6. The number of para-hydroxylation sites is 2. The Morgan fingerprint density at radius 2 is 1.86 bits per heavy atom. The second-order valence-electron chi connectivity index (χ2n) is 8.03. The highest BCUT2D eigenvalue weighted by molar-refractivity contribution is 7.99. The number of fused-ring (bicyclic) bond motifs is 1. The number of carbonyl (C=O) groups is 1. The lowest BCUT2D eigenvalue weighted by molar-refractivity contribution is -0.112. The first kappa shape index (κ1) is 24.1. The van der Waals surface area contributed by atoms with Crippen LogP contribution in [-0.4, -0.2) is 40.4 Å². The van der Waals surface area contributed by atoms with E-state index in [1.165, 1.54) is 11.8 Å². The average Bonchev–Trinajstić information content (AvgIpc) is 3.36. The van der Waals surface area contributed by atoms with Gasteiger partial charge in [0.15, 0.2) is 16.8 Å². The minimum absolute atomic E-state index is 0.0540. The van der Waals surface area contributed by atoms with Gasteiger partial charge in [-0.3, -0.25) is 9.36 Å². The summed E-state index contributed by atoms with van der Waals surface area (Å²) in [5.41, 5.74) is 3.11. The van der Waals surface area contributed by atoms with Crippen molar-refractivity contribution >= 4 is 28.9 Å². The van der Waals surface area contributed by atoms with Crippen LogP contribution in [0.3, 0.4) is 0 Å². The van der Waals surface area contributed by atoms with Crippen LogP contribution in [0.15, 0.2) is 77.7 Å². The topological polar surface area (TPSA) is 87.3 Å². The lowest BCUT2D eigenvalue weighted by atomic mass is 10.2. The van der Waals surface area contributed by atoms with Crippen LogP contribution in [0.5, 0.6) is 5.75 Å². The first-order valence-corrected chi connectivity index (χ1v) is 12.0. The SMILES string of the molecule is C=CCn1c(COc2cccc(C)c2)nnc1SCC(=O)C(C#N)=C1N(C)c2ccccc2N1C. The monoisotopic (exact) mass is 486 g/mol. The highest BCUT2D eigenvalue weighted by Crippen LogP contribution is 2.40. The number of rotatable bonds is 9. The van der Waals surface area contributed by atoms with Crippen molar-refractivity contribution < 1.29 is 9.53 Å². The van der Waals surface area contributed by atoms with Crippen LogP contribution in [0, 0.1) is 18.3 Å². The summed E-state index contributed by atoms with van der Waals surface area (Å²) in [5, 5.41) is 18.9. The molecular weight excluding hydrogens is 460 g/mol. The molecule has 0 fully saturated rings. The van der Waals surface area contributed by atoms with E-state index in [0.29, 0.717) is 23.3 Å². The highest BCUT2D eigenvalue weighted by Gasteiger charge is 2.31. The van der Waals surface area contributed by atoms with Crippen molar-refractivity contribution in [2.45, 2.75) is 25.2 Å². The number of nitriles is 1. The van der Waals surface area contributed by atoms with Crippen molar-refractivity contribution in [1.29, 1.82) is 5.26 Å². The van der Waals surface area contributed by atoms with E-state index in [1.54, 1.807) is 6.08 Å². The van der Waals surface area contributed by atoms with Crippen molar-refractivity contribution in [2.75, 3.05) is 29.6 Å². The summed E-state index contributed by atoms with van der Waals surface area (Å²) >= 11 is 1.24. The van der Waals surface area contributed by atoms with Crippen LogP contribution < -0.4 is 14.5 Å². The number of Topliss-reactive ketones (excluding diaryl/α,β-unsaturated/α-hetero) is 1. The predicted octanol–water partition coefficient (Wildman–Crippen LogP) is 4.33. The minimum atomic E-state index is -0.273. The second kappa shape index (κ2) is 10.5. The molecule has 0 bridgehead atoms. The summed E-state index contributed by atoms with van der Waals surface area (Å²) in [5.74, 6) is 1.73. The van der Waals surface area contributed by atoms with E-state index in [4.69, 9.17) is 4.74 Å². The molecule has 0 spiro atoms. The van der Waals surface area contributed by atoms with Gasteiger partial charge in [-0.2, -0.15) is 5.26 Å². The maximum absolute atomic E-state index is 13.1. The zero-order valence-corrected chi connectivity index (χ0v) is 20.7. The molecule has 178 valence electrons. The largest absolute Gasteiger partial charge is 0.486 e. The quantitative estimate of drug-likeness (QED) is 0.191. The Morgan fingerprint density at radius 1 is 1.14 bits per heavy atom. The number of ketones is 1. The molecule has 1 aromatic heterocycles. The van der Waals surface area contributed by atoms with Crippen LogP contribution in [0.2, 0.25) is 0 Å². The number of carbonyl (C=O) groups excluding carboxylic acids is 1. The van der Waals surface area contributed by atoms with Gasteiger partial charge in [0.1, 0.15) is 29.8 Å². The van der Waals surface area contributed by atoms with Crippen molar-refractivity contribution in [3.8, 4) is 11.8 Å². The summed E-state index contributed by atoms with van der Waals surface area (Å²) in [6.45, 7) is 6.53. The van der Waals surface area contributed by atoms with Gasteiger partial charge < -0.3 is 14.5 Å². The lowest BCUT2D eigenvalue weighted by Gasteiger charge is -2.19. The van der Waals surface area contributed by atoms with Gasteiger partial charge >= 0.3 is 0 Å². The molecule has 2 heterocycles. The Kier molecular flexibility index (Phi) is 7.22. The molecule has 3 aromatic rings. The minimum Gasteiger partial charge on any atom is -0.486 e. The Labute approximate surface area is 209 Å². The molecule has 0 amide bonds. The Bertz CT molecular complexity index is 1310. The number of hydrogen-bond donors (Lipinski definition) is 0.